The fraction of sp³-hybridized carbons (Fsp3) is 0.571. The molecule has 0 saturated heterocycles. The number of hydrogen-bond donors (Lipinski definition) is 1. The van der Waals surface area contributed by atoms with Crippen molar-refractivity contribution < 1.29 is 4.79 Å². The fourth-order valence-electron chi connectivity index (χ4n) is 2.59. The van der Waals surface area contributed by atoms with Crippen molar-refractivity contribution in [2.75, 3.05) is 0 Å². The second-order valence-electron chi connectivity index (χ2n) is 4.96. The van der Waals surface area contributed by atoms with E-state index in [0.29, 0.717) is 10.8 Å². The van der Waals surface area contributed by atoms with Crippen LogP contribution in [0.3, 0.4) is 0 Å². The first-order valence-electron chi connectivity index (χ1n) is 6.62. The lowest BCUT2D eigenvalue weighted by atomic mass is 9.84. The maximum absolute atomic E-state index is 12.0. The third kappa shape index (κ3) is 3.45. The van der Waals surface area contributed by atoms with Crippen molar-refractivity contribution in [1.82, 2.24) is 10.3 Å². The SMILES string of the molecule is CCC1CCCC(NC(=O)c2cccc(Cl)n2)C1. The Morgan fingerprint density at radius 1 is 1.50 bits per heavy atom. The van der Waals surface area contributed by atoms with Gasteiger partial charge in [-0.3, -0.25) is 4.79 Å². The summed E-state index contributed by atoms with van der Waals surface area (Å²) >= 11 is 5.79. The average molecular weight is 267 g/mol. The molecule has 1 heterocycles. The minimum absolute atomic E-state index is 0.112. The average Bonchev–Trinajstić information content (AvgIpc) is 2.39. The zero-order valence-corrected chi connectivity index (χ0v) is 11.4. The van der Waals surface area contributed by atoms with Gasteiger partial charge in [0.15, 0.2) is 0 Å². The largest absolute Gasteiger partial charge is 0.348 e. The molecule has 2 atom stereocenters. The topological polar surface area (TPSA) is 42.0 Å². The van der Waals surface area contributed by atoms with Crippen molar-refractivity contribution in [3.8, 4) is 0 Å². The van der Waals surface area contributed by atoms with Crippen molar-refractivity contribution in [3.05, 3.63) is 29.0 Å². The summed E-state index contributed by atoms with van der Waals surface area (Å²) in [5, 5.41) is 3.43. The third-order valence-corrected chi connectivity index (χ3v) is 3.85. The highest BCUT2D eigenvalue weighted by Gasteiger charge is 2.22. The van der Waals surface area contributed by atoms with E-state index in [0.717, 1.165) is 18.8 Å². The maximum atomic E-state index is 12.0. The van der Waals surface area contributed by atoms with Crippen LogP contribution in [-0.4, -0.2) is 16.9 Å². The molecule has 2 unspecified atom stereocenters. The van der Waals surface area contributed by atoms with Crippen molar-refractivity contribution in [2.45, 2.75) is 45.1 Å². The number of carbonyl (C=O) groups excluding carboxylic acids is 1. The van der Waals surface area contributed by atoms with Crippen LogP contribution >= 0.6 is 11.6 Å². The molecular weight excluding hydrogens is 248 g/mol. The Balaban J connectivity index is 1.95. The Morgan fingerprint density at radius 3 is 3.06 bits per heavy atom. The van der Waals surface area contributed by atoms with Gasteiger partial charge in [0.2, 0.25) is 0 Å². The highest BCUT2D eigenvalue weighted by Crippen LogP contribution is 2.26. The molecule has 1 amide bonds. The van der Waals surface area contributed by atoms with E-state index in [9.17, 15) is 4.79 Å². The summed E-state index contributed by atoms with van der Waals surface area (Å²) in [5.41, 5.74) is 0.404. The lowest BCUT2D eigenvalue weighted by molar-refractivity contribution is 0.0914. The number of aromatic nitrogens is 1. The second-order valence-corrected chi connectivity index (χ2v) is 5.34. The molecule has 0 spiro atoms. The molecule has 18 heavy (non-hydrogen) atoms. The molecule has 1 fully saturated rings. The van der Waals surface area contributed by atoms with Gasteiger partial charge in [0.25, 0.3) is 5.91 Å². The monoisotopic (exact) mass is 266 g/mol. The number of nitrogens with one attached hydrogen (secondary N) is 1. The zero-order valence-electron chi connectivity index (χ0n) is 10.7. The van der Waals surface area contributed by atoms with Crippen molar-refractivity contribution >= 4 is 17.5 Å². The molecule has 1 aromatic heterocycles. The number of halogens is 1. The quantitative estimate of drug-likeness (QED) is 0.852. The molecule has 1 N–H and O–H groups in total. The minimum Gasteiger partial charge on any atom is -0.348 e. The number of hydrogen-bond acceptors (Lipinski definition) is 2. The Morgan fingerprint density at radius 2 is 2.33 bits per heavy atom. The van der Waals surface area contributed by atoms with Gasteiger partial charge in [0, 0.05) is 6.04 Å². The molecule has 1 aromatic rings. The first-order chi connectivity index (χ1) is 8.69. The lowest BCUT2D eigenvalue weighted by Gasteiger charge is -2.28. The van der Waals surface area contributed by atoms with Gasteiger partial charge in [-0.25, -0.2) is 4.98 Å². The zero-order chi connectivity index (χ0) is 13.0. The van der Waals surface area contributed by atoms with Gasteiger partial charge >= 0.3 is 0 Å². The molecule has 0 radical (unpaired) electrons. The van der Waals surface area contributed by atoms with E-state index < -0.39 is 0 Å². The van der Waals surface area contributed by atoms with E-state index in [-0.39, 0.29) is 11.9 Å². The molecular formula is C14H19ClN2O. The van der Waals surface area contributed by atoms with E-state index >= 15 is 0 Å². The smallest absolute Gasteiger partial charge is 0.270 e. The summed E-state index contributed by atoms with van der Waals surface area (Å²) < 4.78 is 0. The van der Waals surface area contributed by atoms with Gasteiger partial charge in [0.1, 0.15) is 10.8 Å². The Kier molecular flexibility index (Phi) is 4.59. The molecule has 0 bridgehead atoms. The van der Waals surface area contributed by atoms with Gasteiger partial charge in [-0.05, 0) is 30.9 Å². The van der Waals surface area contributed by atoms with Crippen LogP contribution in [0.15, 0.2) is 18.2 Å². The van der Waals surface area contributed by atoms with Crippen LogP contribution in [0.5, 0.6) is 0 Å². The highest BCUT2D eigenvalue weighted by molar-refractivity contribution is 6.29. The molecule has 0 aromatic carbocycles. The van der Waals surface area contributed by atoms with Gasteiger partial charge < -0.3 is 5.32 Å². The van der Waals surface area contributed by atoms with Crippen LogP contribution in [0.2, 0.25) is 5.15 Å². The van der Waals surface area contributed by atoms with Crippen LogP contribution < -0.4 is 5.32 Å². The molecule has 2 rings (SSSR count). The molecule has 1 saturated carbocycles. The number of rotatable bonds is 3. The molecule has 98 valence electrons. The van der Waals surface area contributed by atoms with Crippen molar-refractivity contribution in [3.63, 3.8) is 0 Å². The standard InChI is InChI=1S/C14H19ClN2O/c1-2-10-5-3-6-11(9-10)16-14(18)12-7-4-8-13(15)17-12/h4,7-8,10-11H,2-3,5-6,9H2,1H3,(H,16,18). The predicted octanol–water partition coefficient (Wildman–Crippen LogP) is 3.43. The molecule has 1 aliphatic carbocycles. The van der Waals surface area contributed by atoms with Crippen LogP contribution in [0, 0.1) is 5.92 Å². The van der Waals surface area contributed by atoms with E-state index in [2.05, 4.69) is 17.2 Å². The van der Waals surface area contributed by atoms with E-state index in [1.54, 1.807) is 18.2 Å². The van der Waals surface area contributed by atoms with Crippen molar-refractivity contribution in [1.29, 1.82) is 0 Å². The van der Waals surface area contributed by atoms with E-state index in [1.165, 1.54) is 19.3 Å². The summed E-state index contributed by atoms with van der Waals surface area (Å²) in [6.45, 7) is 2.22. The predicted molar refractivity (Wildman–Crippen MR) is 72.8 cm³/mol. The van der Waals surface area contributed by atoms with Gasteiger partial charge in [-0.15, -0.1) is 0 Å². The summed E-state index contributed by atoms with van der Waals surface area (Å²) in [5.74, 6) is 0.635. The fourth-order valence-corrected chi connectivity index (χ4v) is 2.75. The second kappa shape index (κ2) is 6.19. The summed E-state index contributed by atoms with van der Waals surface area (Å²) in [7, 11) is 0. The van der Waals surface area contributed by atoms with Gasteiger partial charge in [0.05, 0.1) is 0 Å². The summed E-state index contributed by atoms with van der Waals surface area (Å²) in [4.78, 5) is 16.1. The van der Waals surface area contributed by atoms with Gasteiger partial charge in [-0.2, -0.15) is 0 Å². The first-order valence-corrected chi connectivity index (χ1v) is 7.00. The third-order valence-electron chi connectivity index (χ3n) is 3.64. The number of carbonyl (C=O) groups is 1. The maximum Gasteiger partial charge on any atom is 0.270 e. The molecule has 3 nitrogen and oxygen atoms in total. The van der Waals surface area contributed by atoms with E-state index in [1.807, 2.05) is 0 Å². The summed E-state index contributed by atoms with van der Waals surface area (Å²) in [6, 6.07) is 5.41. The molecule has 0 aliphatic heterocycles. The Labute approximate surface area is 113 Å². The van der Waals surface area contributed by atoms with Crippen LogP contribution in [0.1, 0.15) is 49.5 Å². The Bertz CT molecular complexity index is 422. The lowest BCUT2D eigenvalue weighted by Crippen LogP contribution is -2.38. The number of pyridine rings is 1. The number of nitrogens with zero attached hydrogens (tertiary/aromatic N) is 1. The minimum atomic E-state index is -0.112. The first kappa shape index (κ1) is 13.3. The van der Waals surface area contributed by atoms with Crippen LogP contribution in [-0.2, 0) is 0 Å². The molecule has 4 heteroatoms. The number of amides is 1. The van der Waals surface area contributed by atoms with Crippen molar-refractivity contribution in [2.24, 2.45) is 5.92 Å². The molecule has 1 aliphatic rings. The Hall–Kier alpha value is -1.09. The summed E-state index contributed by atoms with van der Waals surface area (Å²) in [6.07, 6.45) is 5.85. The van der Waals surface area contributed by atoms with E-state index in [4.69, 9.17) is 11.6 Å². The normalized spacial score (nSPS) is 23.7. The highest BCUT2D eigenvalue weighted by atomic mass is 35.5. The van der Waals surface area contributed by atoms with Gasteiger partial charge in [-0.1, -0.05) is 43.9 Å². The van der Waals surface area contributed by atoms with Crippen LogP contribution in [0.25, 0.3) is 0 Å². The van der Waals surface area contributed by atoms with Crippen LogP contribution in [0.4, 0.5) is 0 Å².